The predicted octanol–water partition coefficient (Wildman–Crippen LogP) is 1.29. The van der Waals surface area contributed by atoms with Gasteiger partial charge in [-0.1, -0.05) is 0 Å². The van der Waals surface area contributed by atoms with Gasteiger partial charge in [-0.2, -0.15) is 10.1 Å². The van der Waals surface area contributed by atoms with Gasteiger partial charge in [0.15, 0.2) is 10.8 Å². The van der Waals surface area contributed by atoms with Crippen LogP contribution in [0, 0.1) is 0 Å². The van der Waals surface area contributed by atoms with Crippen LogP contribution in [-0.2, 0) is 7.05 Å². The summed E-state index contributed by atoms with van der Waals surface area (Å²) < 4.78 is 1.80. The molecule has 0 bridgehead atoms. The maximum atomic E-state index is 5.83. The Morgan fingerprint density at radius 3 is 3.06 bits per heavy atom. The maximum absolute atomic E-state index is 5.83. The van der Waals surface area contributed by atoms with Crippen LogP contribution in [0.2, 0.25) is 5.28 Å². The number of hydrogen-bond acceptors (Lipinski definition) is 6. The number of rotatable bonds is 2. The van der Waals surface area contributed by atoms with Crippen molar-refractivity contribution in [1.82, 2.24) is 34.9 Å². The van der Waals surface area contributed by atoms with Gasteiger partial charge in [0.2, 0.25) is 5.28 Å². The summed E-state index contributed by atoms with van der Waals surface area (Å²) in [5.41, 5.74) is 0.606. The number of nitrogens with zero attached hydrogens (tertiary/aromatic N) is 6. The molecule has 3 aromatic heterocycles. The first-order chi connectivity index (χ1) is 8.24. The fraction of sp³-hybridized carbons (Fsp3) is 0.125. The summed E-state index contributed by atoms with van der Waals surface area (Å²) in [6.45, 7) is 0. The van der Waals surface area contributed by atoms with Crippen LogP contribution in [0.5, 0.6) is 0 Å². The Kier molecular flexibility index (Phi) is 2.45. The molecule has 3 heterocycles. The lowest BCUT2D eigenvalue weighted by molar-refractivity contribution is 0.787. The van der Waals surface area contributed by atoms with Gasteiger partial charge in [0, 0.05) is 7.05 Å². The Morgan fingerprint density at radius 1 is 1.41 bits per heavy atom. The van der Waals surface area contributed by atoms with Gasteiger partial charge in [0.05, 0.1) is 11.6 Å². The van der Waals surface area contributed by atoms with Gasteiger partial charge in [-0.3, -0.25) is 5.10 Å². The van der Waals surface area contributed by atoms with Gasteiger partial charge in [-0.05, 0) is 23.4 Å². The second-order valence-electron chi connectivity index (χ2n) is 3.26. The predicted molar refractivity (Wildman–Crippen MR) is 61.8 cm³/mol. The van der Waals surface area contributed by atoms with E-state index in [9.17, 15) is 0 Å². The van der Waals surface area contributed by atoms with Gasteiger partial charge in [0.1, 0.15) is 11.4 Å². The summed E-state index contributed by atoms with van der Waals surface area (Å²) in [4.78, 5) is 8.19. The van der Waals surface area contributed by atoms with Gasteiger partial charge in [0.25, 0.3) is 0 Å². The molecule has 0 aromatic carbocycles. The van der Waals surface area contributed by atoms with Crippen molar-refractivity contribution in [2.45, 2.75) is 10.2 Å². The van der Waals surface area contributed by atoms with E-state index in [1.807, 2.05) is 7.05 Å². The molecule has 0 saturated heterocycles. The molecule has 0 aliphatic carbocycles. The second kappa shape index (κ2) is 3.97. The molecule has 9 heteroatoms. The van der Waals surface area contributed by atoms with Crippen LogP contribution in [0.4, 0.5) is 0 Å². The van der Waals surface area contributed by atoms with Crippen LogP contribution in [0.15, 0.2) is 22.7 Å². The first-order valence-corrected chi connectivity index (χ1v) is 5.82. The summed E-state index contributed by atoms with van der Waals surface area (Å²) in [5.74, 6) is 0. The van der Waals surface area contributed by atoms with Crippen LogP contribution in [0.3, 0.4) is 0 Å². The summed E-state index contributed by atoms with van der Waals surface area (Å²) in [6.07, 6.45) is 3.28. The van der Waals surface area contributed by atoms with Gasteiger partial charge < -0.3 is 4.57 Å². The molecule has 0 spiro atoms. The van der Waals surface area contributed by atoms with Crippen molar-refractivity contribution in [3.05, 3.63) is 17.8 Å². The van der Waals surface area contributed by atoms with Crippen LogP contribution in [0.1, 0.15) is 0 Å². The largest absolute Gasteiger partial charge is 0.311 e. The number of hydrogen-bond donors (Lipinski definition) is 1. The molecule has 0 unspecified atom stereocenters. The smallest absolute Gasteiger partial charge is 0.225 e. The Balaban J connectivity index is 2.11. The Bertz CT molecular complexity index is 675. The Hall–Kier alpha value is -1.67. The van der Waals surface area contributed by atoms with Crippen LogP contribution < -0.4 is 0 Å². The molecule has 0 fully saturated rings. The molecule has 0 radical (unpaired) electrons. The van der Waals surface area contributed by atoms with E-state index in [0.29, 0.717) is 10.7 Å². The minimum Gasteiger partial charge on any atom is -0.311 e. The zero-order valence-corrected chi connectivity index (χ0v) is 10.2. The maximum Gasteiger partial charge on any atom is 0.225 e. The molecule has 3 rings (SSSR count). The summed E-state index contributed by atoms with van der Waals surface area (Å²) in [6, 6.07) is 0. The zero-order chi connectivity index (χ0) is 11.8. The van der Waals surface area contributed by atoms with E-state index in [4.69, 9.17) is 11.6 Å². The number of aromatic amines is 1. The van der Waals surface area contributed by atoms with Crippen LogP contribution >= 0.6 is 23.4 Å². The number of aromatic nitrogens is 7. The van der Waals surface area contributed by atoms with E-state index < -0.39 is 0 Å². The fourth-order valence-corrected chi connectivity index (χ4v) is 2.37. The molecule has 0 amide bonds. The normalized spacial score (nSPS) is 11.2. The van der Waals surface area contributed by atoms with E-state index in [-0.39, 0.29) is 5.28 Å². The molecule has 1 N–H and O–H groups in total. The number of halogens is 1. The first kappa shape index (κ1) is 10.5. The summed E-state index contributed by atoms with van der Waals surface area (Å²) in [7, 11) is 1.86. The standard InChI is InChI=1S/C8H6ClN7S/c1-16-3-11-15-8(16)17-6-4-2-10-14-5(4)12-7(9)13-6/h2-3H,1H3,(H,10,12,13,14). The van der Waals surface area contributed by atoms with E-state index in [2.05, 4.69) is 30.4 Å². The lowest BCUT2D eigenvalue weighted by Gasteiger charge is -2.01. The Morgan fingerprint density at radius 2 is 2.29 bits per heavy atom. The minimum atomic E-state index is 0.173. The van der Waals surface area contributed by atoms with Crippen molar-refractivity contribution in [2.24, 2.45) is 7.05 Å². The monoisotopic (exact) mass is 267 g/mol. The van der Waals surface area contributed by atoms with Crippen molar-refractivity contribution in [1.29, 1.82) is 0 Å². The number of aryl methyl sites for hydroxylation is 1. The molecule has 3 aromatic rings. The second-order valence-corrected chi connectivity index (χ2v) is 4.55. The zero-order valence-electron chi connectivity index (χ0n) is 8.62. The van der Waals surface area contributed by atoms with Gasteiger partial charge >= 0.3 is 0 Å². The van der Waals surface area contributed by atoms with E-state index in [0.717, 1.165) is 10.5 Å². The number of fused-ring (bicyclic) bond motifs is 1. The van der Waals surface area contributed by atoms with Crippen molar-refractivity contribution in [2.75, 3.05) is 0 Å². The molecular formula is C8H6ClN7S. The SMILES string of the molecule is Cn1cnnc1Sc1nc(Cl)nc2[nH]ncc12. The quantitative estimate of drug-likeness (QED) is 0.556. The first-order valence-electron chi connectivity index (χ1n) is 4.62. The highest BCUT2D eigenvalue weighted by molar-refractivity contribution is 7.99. The van der Waals surface area contributed by atoms with E-state index in [1.54, 1.807) is 17.1 Å². The summed E-state index contributed by atoms with van der Waals surface area (Å²) >= 11 is 7.20. The highest BCUT2D eigenvalue weighted by Crippen LogP contribution is 2.29. The molecule has 0 aliphatic heterocycles. The highest BCUT2D eigenvalue weighted by Gasteiger charge is 2.12. The minimum absolute atomic E-state index is 0.173. The molecular weight excluding hydrogens is 262 g/mol. The van der Waals surface area contributed by atoms with E-state index >= 15 is 0 Å². The Labute approximate surface area is 105 Å². The average molecular weight is 268 g/mol. The lowest BCUT2D eigenvalue weighted by atomic mass is 10.4. The van der Waals surface area contributed by atoms with Crippen LogP contribution in [0.25, 0.3) is 11.0 Å². The molecule has 0 aliphatic rings. The van der Waals surface area contributed by atoms with Crippen LogP contribution in [-0.4, -0.2) is 34.9 Å². The van der Waals surface area contributed by atoms with Gasteiger partial charge in [-0.25, -0.2) is 4.98 Å². The fourth-order valence-electron chi connectivity index (χ4n) is 1.31. The third kappa shape index (κ3) is 1.85. The summed E-state index contributed by atoms with van der Waals surface area (Å²) in [5, 5.41) is 16.8. The number of H-pyrrole nitrogens is 1. The number of nitrogens with one attached hydrogen (secondary N) is 1. The highest BCUT2D eigenvalue weighted by atomic mass is 35.5. The molecule has 0 atom stereocenters. The van der Waals surface area contributed by atoms with E-state index in [1.165, 1.54) is 11.8 Å². The molecule has 17 heavy (non-hydrogen) atoms. The average Bonchev–Trinajstić information content (AvgIpc) is 2.88. The molecule has 0 saturated carbocycles. The van der Waals surface area contributed by atoms with Crippen molar-refractivity contribution in [3.8, 4) is 0 Å². The van der Waals surface area contributed by atoms with Crippen molar-refractivity contribution in [3.63, 3.8) is 0 Å². The molecule has 7 nitrogen and oxygen atoms in total. The van der Waals surface area contributed by atoms with Crippen molar-refractivity contribution < 1.29 is 0 Å². The third-order valence-corrected chi connectivity index (χ3v) is 3.33. The lowest BCUT2D eigenvalue weighted by Crippen LogP contribution is -1.92. The van der Waals surface area contributed by atoms with Gasteiger partial charge in [-0.15, -0.1) is 10.2 Å². The van der Waals surface area contributed by atoms with Crippen molar-refractivity contribution >= 4 is 34.4 Å². The third-order valence-electron chi connectivity index (χ3n) is 2.11. The topological polar surface area (TPSA) is 85.2 Å². The molecule has 86 valence electrons.